The van der Waals surface area contributed by atoms with Crippen molar-refractivity contribution in [2.75, 3.05) is 69.5 Å². The third-order valence-corrected chi connectivity index (χ3v) is 4.74. The maximum absolute atomic E-state index is 5.70. The topological polar surface area (TPSA) is 72.8 Å². The fourth-order valence-electron chi connectivity index (χ4n) is 3.43. The van der Waals surface area contributed by atoms with Gasteiger partial charge in [0.25, 0.3) is 0 Å². The van der Waals surface area contributed by atoms with E-state index in [9.17, 15) is 0 Å². The van der Waals surface area contributed by atoms with Gasteiger partial charge in [-0.3, -0.25) is 4.98 Å². The number of methoxy groups -OCH3 is 1. The van der Waals surface area contributed by atoms with Gasteiger partial charge >= 0.3 is 0 Å². The van der Waals surface area contributed by atoms with Crippen LogP contribution in [0.25, 0.3) is 10.8 Å². The lowest BCUT2D eigenvalue weighted by Crippen LogP contribution is -2.38. The molecular weight excluding hydrogens is 322 g/mol. The van der Waals surface area contributed by atoms with E-state index < -0.39 is 0 Å². The molecule has 2 fully saturated rings. The van der Waals surface area contributed by atoms with Gasteiger partial charge < -0.3 is 24.0 Å². The number of ether oxygens (including phenoxy) is 3. The molecule has 2 saturated heterocycles. The molecule has 2 aliphatic rings. The molecule has 0 unspecified atom stereocenters. The Bertz CT molecular complexity index is 758. The van der Waals surface area contributed by atoms with E-state index in [0.717, 1.165) is 60.0 Å². The van der Waals surface area contributed by atoms with Crippen molar-refractivity contribution in [1.82, 2.24) is 15.2 Å². The van der Waals surface area contributed by atoms with Crippen molar-refractivity contribution in [3.63, 3.8) is 0 Å². The number of fused-ring (bicyclic) bond motifs is 1. The number of pyridine rings is 1. The minimum atomic E-state index is 0.695. The standard InChI is InChI=1S/C17H23N5O3/c1-12-15(23-2)14-13(11-18-12)16(21-3-7-24-8-4-21)19-20-17(14)22-5-9-25-10-6-22/h11H,3-10H2,1-2H3. The highest BCUT2D eigenvalue weighted by molar-refractivity contribution is 6.03. The highest BCUT2D eigenvalue weighted by Gasteiger charge is 2.24. The summed E-state index contributed by atoms with van der Waals surface area (Å²) in [6.07, 6.45) is 1.89. The van der Waals surface area contributed by atoms with E-state index in [-0.39, 0.29) is 0 Å². The van der Waals surface area contributed by atoms with Gasteiger partial charge in [0.2, 0.25) is 0 Å². The summed E-state index contributed by atoms with van der Waals surface area (Å²) in [6.45, 7) is 7.94. The van der Waals surface area contributed by atoms with Crippen molar-refractivity contribution in [2.45, 2.75) is 6.92 Å². The van der Waals surface area contributed by atoms with Crippen LogP contribution in [0, 0.1) is 6.92 Å². The first-order valence-electron chi connectivity index (χ1n) is 8.65. The van der Waals surface area contributed by atoms with Gasteiger partial charge in [0.1, 0.15) is 0 Å². The number of hydrogen-bond donors (Lipinski definition) is 0. The van der Waals surface area contributed by atoms with Gasteiger partial charge in [-0.05, 0) is 6.92 Å². The smallest absolute Gasteiger partial charge is 0.163 e. The minimum Gasteiger partial charge on any atom is -0.494 e. The van der Waals surface area contributed by atoms with Crippen LogP contribution in [0.4, 0.5) is 11.6 Å². The SMILES string of the molecule is COc1c(C)ncc2c(N3CCOCC3)nnc(N3CCOCC3)c12. The lowest BCUT2D eigenvalue weighted by Gasteiger charge is -2.31. The fraction of sp³-hybridized carbons (Fsp3) is 0.588. The molecule has 134 valence electrons. The summed E-state index contributed by atoms with van der Waals surface area (Å²) in [5.74, 6) is 2.46. The van der Waals surface area contributed by atoms with E-state index in [1.54, 1.807) is 7.11 Å². The molecule has 0 amide bonds. The zero-order valence-electron chi connectivity index (χ0n) is 14.7. The third-order valence-electron chi connectivity index (χ3n) is 4.74. The van der Waals surface area contributed by atoms with Crippen molar-refractivity contribution in [3.05, 3.63) is 11.9 Å². The van der Waals surface area contributed by atoms with Crippen molar-refractivity contribution >= 4 is 22.4 Å². The van der Waals surface area contributed by atoms with Crippen molar-refractivity contribution in [3.8, 4) is 5.75 Å². The zero-order chi connectivity index (χ0) is 17.2. The van der Waals surface area contributed by atoms with Gasteiger partial charge in [-0.15, -0.1) is 10.2 Å². The van der Waals surface area contributed by atoms with Crippen LogP contribution in [0.2, 0.25) is 0 Å². The number of aryl methyl sites for hydroxylation is 1. The predicted molar refractivity (Wildman–Crippen MR) is 94.7 cm³/mol. The van der Waals surface area contributed by atoms with Crippen LogP contribution in [-0.4, -0.2) is 74.9 Å². The van der Waals surface area contributed by atoms with Crippen LogP contribution in [0.5, 0.6) is 5.75 Å². The monoisotopic (exact) mass is 345 g/mol. The van der Waals surface area contributed by atoms with E-state index >= 15 is 0 Å². The number of aromatic nitrogens is 3. The number of nitrogens with zero attached hydrogens (tertiary/aromatic N) is 5. The summed E-state index contributed by atoms with van der Waals surface area (Å²) < 4.78 is 16.6. The van der Waals surface area contributed by atoms with E-state index in [1.807, 2.05) is 13.1 Å². The van der Waals surface area contributed by atoms with Crippen LogP contribution in [0.15, 0.2) is 6.20 Å². The molecule has 0 spiro atoms. The molecule has 2 aliphatic heterocycles. The van der Waals surface area contributed by atoms with Gasteiger partial charge in [-0.1, -0.05) is 0 Å². The summed E-state index contributed by atoms with van der Waals surface area (Å²) in [6, 6.07) is 0. The molecule has 0 atom stereocenters. The molecule has 2 aromatic rings. The first kappa shape index (κ1) is 16.3. The summed E-state index contributed by atoms with van der Waals surface area (Å²) >= 11 is 0. The van der Waals surface area contributed by atoms with Crippen LogP contribution in [-0.2, 0) is 9.47 Å². The number of anilines is 2. The highest BCUT2D eigenvalue weighted by Crippen LogP contribution is 2.38. The van der Waals surface area contributed by atoms with Gasteiger partial charge in [0, 0.05) is 32.4 Å². The van der Waals surface area contributed by atoms with Crippen molar-refractivity contribution in [2.24, 2.45) is 0 Å². The summed E-state index contributed by atoms with van der Waals surface area (Å²) in [4.78, 5) is 8.94. The molecule has 0 N–H and O–H groups in total. The second-order valence-corrected chi connectivity index (χ2v) is 6.21. The van der Waals surface area contributed by atoms with Gasteiger partial charge in [0.05, 0.1) is 50.0 Å². The van der Waals surface area contributed by atoms with E-state index in [1.165, 1.54) is 0 Å². The molecular formula is C17H23N5O3. The second-order valence-electron chi connectivity index (χ2n) is 6.21. The maximum atomic E-state index is 5.70. The van der Waals surface area contributed by atoms with Crippen molar-refractivity contribution in [1.29, 1.82) is 0 Å². The summed E-state index contributed by atoms with van der Waals surface area (Å²) in [7, 11) is 1.68. The molecule has 4 heterocycles. The van der Waals surface area contributed by atoms with Crippen LogP contribution in [0.1, 0.15) is 5.69 Å². The van der Waals surface area contributed by atoms with Gasteiger partial charge in [-0.2, -0.15) is 0 Å². The Hall–Kier alpha value is -2.19. The molecule has 8 heteroatoms. The Balaban J connectivity index is 1.89. The molecule has 4 rings (SSSR count). The van der Waals surface area contributed by atoms with Crippen LogP contribution >= 0.6 is 0 Å². The lowest BCUT2D eigenvalue weighted by atomic mass is 10.1. The summed E-state index contributed by atoms with van der Waals surface area (Å²) in [5.41, 5.74) is 0.852. The van der Waals surface area contributed by atoms with E-state index in [0.29, 0.717) is 26.4 Å². The predicted octanol–water partition coefficient (Wildman–Crippen LogP) is 1.02. The maximum Gasteiger partial charge on any atom is 0.163 e. The molecule has 0 bridgehead atoms. The molecule has 2 aromatic heterocycles. The Morgan fingerprint density at radius 3 is 2.08 bits per heavy atom. The average molecular weight is 345 g/mol. The van der Waals surface area contributed by atoms with Crippen molar-refractivity contribution < 1.29 is 14.2 Å². The Kier molecular flexibility index (Phi) is 4.54. The second kappa shape index (κ2) is 6.97. The summed E-state index contributed by atoms with van der Waals surface area (Å²) in [5, 5.41) is 11.1. The van der Waals surface area contributed by atoms with E-state index in [4.69, 9.17) is 14.2 Å². The van der Waals surface area contributed by atoms with Gasteiger partial charge in [-0.25, -0.2) is 0 Å². The number of rotatable bonds is 3. The first-order chi connectivity index (χ1) is 12.3. The van der Waals surface area contributed by atoms with Gasteiger partial charge in [0.15, 0.2) is 17.4 Å². The van der Waals surface area contributed by atoms with Crippen LogP contribution < -0.4 is 14.5 Å². The largest absolute Gasteiger partial charge is 0.494 e. The first-order valence-corrected chi connectivity index (χ1v) is 8.65. The average Bonchev–Trinajstić information content (AvgIpc) is 2.68. The fourth-order valence-corrected chi connectivity index (χ4v) is 3.43. The minimum absolute atomic E-state index is 0.695. The molecule has 0 radical (unpaired) electrons. The van der Waals surface area contributed by atoms with E-state index in [2.05, 4.69) is 25.0 Å². The quantitative estimate of drug-likeness (QED) is 0.816. The molecule has 0 saturated carbocycles. The molecule has 0 aromatic carbocycles. The third kappa shape index (κ3) is 2.96. The number of morpholine rings is 2. The molecule has 0 aliphatic carbocycles. The molecule has 25 heavy (non-hydrogen) atoms. The Labute approximate surface area is 146 Å². The Morgan fingerprint density at radius 1 is 0.920 bits per heavy atom. The number of hydrogen-bond acceptors (Lipinski definition) is 8. The molecule has 8 nitrogen and oxygen atoms in total. The highest BCUT2D eigenvalue weighted by atomic mass is 16.5. The zero-order valence-corrected chi connectivity index (χ0v) is 14.7. The normalized spacial score (nSPS) is 18.6. The lowest BCUT2D eigenvalue weighted by molar-refractivity contribution is 0.122. The Morgan fingerprint density at radius 2 is 1.48 bits per heavy atom. The van der Waals surface area contributed by atoms with Crippen LogP contribution in [0.3, 0.4) is 0 Å².